The van der Waals surface area contributed by atoms with E-state index < -0.39 is 24.2 Å². The molecule has 0 radical (unpaired) electrons. The second kappa shape index (κ2) is 8.90. The number of carbonyl (C=O) groups is 1. The number of aryl methyl sites for hydroxylation is 1. The zero-order valence-electron chi connectivity index (χ0n) is 19.1. The normalized spacial score (nSPS) is 20.4. The van der Waals surface area contributed by atoms with Gasteiger partial charge in [-0.25, -0.2) is 9.07 Å². The number of nitrogens with zero attached hydrogens (tertiary/aromatic N) is 4. The second-order valence-corrected chi connectivity index (χ2v) is 9.02. The predicted octanol–water partition coefficient (Wildman–Crippen LogP) is 4.95. The van der Waals surface area contributed by atoms with Gasteiger partial charge in [-0.15, -0.1) is 0 Å². The van der Waals surface area contributed by atoms with Crippen LogP contribution in [0.2, 0.25) is 0 Å². The van der Waals surface area contributed by atoms with E-state index in [1.807, 2.05) is 36.1 Å². The standard InChI is InChI=1S/C25H25F4N5O/c1-16-2-4-17(5-3-16)20-14-22(25(27,28)29)34-23(30-20)15-21(31-34)24(35)33-12-10-32(11-13-33)19-8-6-18(26)7-9-19/h2-9,15,20,22,30H,10-14H2,1H3/t20-,22-/m1/s1. The Morgan fingerprint density at radius 2 is 1.66 bits per heavy atom. The Morgan fingerprint density at radius 1 is 1.00 bits per heavy atom. The van der Waals surface area contributed by atoms with Crippen molar-refractivity contribution < 1.29 is 22.4 Å². The summed E-state index contributed by atoms with van der Waals surface area (Å²) < 4.78 is 55.9. The molecule has 1 aromatic heterocycles. The molecule has 1 N–H and O–H groups in total. The van der Waals surface area contributed by atoms with Gasteiger partial charge in [-0.05, 0) is 36.8 Å². The van der Waals surface area contributed by atoms with E-state index in [0.717, 1.165) is 21.5 Å². The molecule has 0 aliphatic carbocycles. The van der Waals surface area contributed by atoms with Gasteiger partial charge in [0, 0.05) is 44.4 Å². The van der Waals surface area contributed by atoms with Crippen molar-refractivity contribution in [3.8, 4) is 0 Å². The average Bonchev–Trinajstić information content (AvgIpc) is 3.27. The summed E-state index contributed by atoms with van der Waals surface area (Å²) in [4.78, 5) is 16.8. The molecule has 2 aliphatic heterocycles. The molecule has 0 bridgehead atoms. The van der Waals surface area contributed by atoms with Crippen molar-refractivity contribution in [2.24, 2.45) is 0 Å². The highest BCUT2D eigenvalue weighted by Crippen LogP contribution is 2.43. The van der Waals surface area contributed by atoms with Crippen LogP contribution in [0.1, 0.15) is 40.1 Å². The van der Waals surface area contributed by atoms with Gasteiger partial charge in [0.2, 0.25) is 0 Å². The minimum absolute atomic E-state index is 0.0125. The Hall–Kier alpha value is -3.56. The molecule has 2 aromatic carbocycles. The van der Waals surface area contributed by atoms with E-state index in [9.17, 15) is 22.4 Å². The van der Waals surface area contributed by atoms with Gasteiger partial charge in [-0.1, -0.05) is 29.8 Å². The van der Waals surface area contributed by atoms with Crippen molar-refractivity contribution in [2.75, 3.05) is 36.4 Å². The Balaban J connectivity index is 1.33. The van der Waals surface area contributed by atoms with Crippen molar-refractivity contribution >= 4 is 17.4 Å². The Bertz CT molecular complexity index is 1200. The first kappa shape index (κ1) is 23.2. The molecule has 0 unspecified atom stereocenters. The minimum atomic E-state index is -4.51. The molecule has 1 amide bonds. The van der Waals surface area contributed by atoms with Gasteiger partial charge in [0.25, 0.3) is 5.91 Å². The molecule has 1 saturated heterocycles. The summed E-state index contributed by atoms with van der Waals surface area (Å²) >= 11 is 0. The first-order valence-electron chi connectivity index (χ1n) is 11.5. The molecule has 184 valence electrons. The molecular weight excluding hydrogens is 462 g/mol. The van der Waals surface area contributed by atoms with Gasteiger partial charge in [-0.2, -0.15) is 18.3 Å². The van der Waals surface area contributed by atoms with Crippen molar-refractivity contribution in [2.45, 2.75) is 31.6 Å². The molecule has 0 spiro atoms. The largest absolute Gasteiger partial charge is 0.410 e. The number of rotatable bonds is 3. The SMILES string of the molecule is Cc1ccc([C@H]2C[C@H](C(F)(F)F)n3nc(C(=O)N4CCN(c5ccc(F)cc5)CC4)cc3N2)cc1. The number of anilines is 2. The first-order chi connectivity index (χ1) is 16.7. The summed E-state index contributed by atoms with van der Waals surface area (Å²) in [7, 11) is 0. The van der Waals surface area contributed by atoms with Crippen molar-refractivity contribution in [3.63, 3.8) is 0 Å². The molecule has 6 nitrogen and oxygen atoms in total. The van der Waals surface area contributed by atoms with Crippen LogP contribution in [0, 0.1) is 12.7 Å². The Kier molecular flexibility index (Phi) is 5.90. The Morgan fingerprint density at radius 3 is 2.29 bits per heavy atom. The maximum absolute atomic E-state index is 14.0. The van der Waals surface area contributed by atoms with Crippen LogP contribution < -0.4 is 10.2 Å². The lowest BCUT2D eigenvalue weighted by molar-refractivity contribution is -0.173. The van der Waals surface area contributed by atoms with Gasteiger partial charge in [0.05, 0.1) is 6.04 Å². The summed E-state index contributed by atoms with van der Waals surface area (Å²) in [6, 6.07) is 12.5. The number of benzene rings is 2. The van der Waals surface area contributed by atoms with Crippen LogP contribution in [0.3, 0.4) is 0 Å². The van der Waals surface area contributed by atoms with E-state index in [4.69, 9.17) is 0 Å². The molecule has 2 aliphatic rings. The van der Waals surface area contributed by atoms with Gasteiger partial charge >= 0.3 is 6.18 Å². The van der Waals surface area contributed by atoms with E-state index in [1.165, 1.54) is 18.2 Å². The van der Waals surface area contributed by atoms with Crippen molar-refractivity contribution in [3.05, 3.63) is 77.2 Å². The summed E-state index contributed by atoms with van der Waals surface area (Å²) in [5.74, 6) is -0.542. The number of hydrogen-bond acceptors (Lipinski definition) is 4. The highest BCUT2D eigenvalue weighted by molar-refractivity contribution is 5.93. The maximum atomic E-state index is 14.0. The molecule has 35 heavy (non-hydrogen) atoms. The quantitative estimate of drug-likeness (QED) is 0.531. The number of carbonyl (C=O) groups excluding carboxylic acids is 1. The number of fused-ring (bicyclic) bond motifs is 1. The zero-order chi connectivity index (χ0) is 24.7. The molecule has 3 heterocycles. The van der Waals surface area contributed by atoms with Crippen LogP contribution in [0.5, 0.6) is 0 Å². The number of alkyl halides is 3. The topological polar surface area (TPSA) is 53.4 Å². The number of nitrogens with one attached hydrogen (secondary N) is 1. The lowest BCUT2D eigenvalue weighted by Gasteiger charge is -2.35. The van der Waals surface area contributed by atoms with Crippen molar-refractivity contribution in [1.29, 1.82) is 0 Å². The monoisotopic (exact) mass is 487 g/mol. The highest BCUT2D eigenvalue weighted by atomic mass is 19.4. The van der Waals surface area contributed by atoms with Crippen LogP contribution in [0.15, 0.2) is 54.6 Å². The van der Waals surface area contributed by atoms with E-state index in [0.29, 0.717) is 26.2 Å². The summed E-state index contributed by atoms with van der Waals surface area (Å²) in [5, 5.41) is 7.23. The van der Waals surface area contributed by atoms with E-state index >= 15 is 0 Å². The number of halogens is 4. The van der Waals surface area contributed by atoms with E-state index in [-0.39, 0.29) is 23.7 Å². The van der Waals surface area contributed by atoms with Crippen LogP contribution in [0.25, 0.3) is 0 Å². The fourth-order valence-corrected chi connectivity index (χ4v) is 4.68. The number of aromatic nitrogens is 2. The smallest absolute Gasteiger partial charge is 0.368 e. The molecular formula is C25H25F4N5O. The fraction of sp³-hybridized carbons (Fsp3) is 0.360. The third kappa shape index (κ3) is 4.69. The van der Waals surface area contributed by atoms with Crippen LogP contribution in [-0.2, 0) is 0 Å². The molecule has 5 rings (SSSR count). The third-order valence-electron chi connectivity index (χ3n) is 6.65. The highest BCUT2D eigenvalue weighted by Gasteiger charge is 2.47. The van der Waals surface area contributed by atoms with Crippen molar-refractivity contribution in [1.82, 2.24) is 14.7 Å². The number of piperazine rings is 1. The van der Waals surface area contributed by atoms with Crippen LogP contribution in [-0.4, -0.2) is 52.9 Å². The summed E-state index contributed by atoms with van der Waals surface area (Å²) in [6.07, 6.45) is -4.72. The fourth-order valence-electron chi connectivity index (χ4n) is 4.68. The predicted molar refractivity (Wildman–Crippen MR) is 124 cm³/mol. The van der Waals surface area contributed by atoms with Gasteiger partial charge in [-0.3, -0.25) is 4.79 Å². The van der Waals surface area contributed by atoms with E-state index in [1.54, 1.807) is 17.0 Å². The molecule has 10 heteroatoms. The number of hydrogen-bond donors (Lipinski definition) is 1. The number of amides is 1. The Labute approximate surface area is 200 Å². The second-order valence-electron chi connectivity index (χ2n) is 9.02. The van der Waals surface area contributed by atoms with E-state index in [2.05, 4.69) is 10.4 Å². The molecule has 2 atom stereocenters. The van der Waals surface area contributed by atoms with Crippen LogP contribution >= 0.6 is 0 Å². The zero-order valence-corrected chi connectivity index (χ0v) is 19.1. The lowest BCUT2D eigenvalue weighted by atomic mass is 9.96. The average molecular weight is 488 g/mol. The molecule has 1 fully saturated rings. The summed E-state index contributed by atoms with van der Waals surface area (Å²) in [6.45, 7) is 3.76. The lowest BCUT2D eigenvalue weighted by Crippen LogP contribution is -2.49. The molecule has 0 saturated carbocycles. The maximum Gasteiger partial charge on any atom is 0.410 e. The summed E-state index contributed by atoms with van der Waals surface area (Å²) in [5.41, 5.74) is 2.62. The van der Waals surface area contributed by atoms with Gasteiger partial charge in [0.1, 0.15) is 11.6 Å². The minimum Gasteiger partial charge on any atom is -0.368 e. The van der Waals surface area contributed by atoms with Gasteiger partial charge < -0.3 is 15.1 Å². The van der Waals surface area contributed by atoms with Crippen LogP contribution in [0.4, 0.5) is 29.1 Å². The molecule has 3 aromatic rings. The third-order valence-corrected chi connectivity index (χ3v) is 6.65. The van der Waals surface area contributed by atoms with Gasteiger partial charge in [0.15, 0.2) is 11.7 Å². The first-order valence-corrected chi connectivity index (χ1v) is 11.5.